The van der Waals surface area contributed by atoms with Gasteiger partial charge in [0.15, 0.2) is 0 Å². The lowest BCUT2D eigenvalue weighted by molar-refractivity contribution is 0.309. The normalized spacial score (nSPS) is 13.5. The zero-order valence-corrected chi connectivity index (χ0v) is 8.35. The third kappa shape index (κ3) is 4.20. The Balaban J connectivity index is 3.80. The highest BCUT2D eigenvalue weighted by Crippen LogP contribution is 2.12. The van der Waals surface area contributed by atoms with Gasteiger partial charge in [-0.2, -0.15) is 0 Å². The standard InChI is InChI=1S/C10H21N/c1-6-7-8-10(9(2)3)11(4)5/h10H,2,6-8H2,1,3-5H3. The number of rotatable bonds is 5. The second-order valence-corrected chi connectivity index (χ2v) is 3.47. The van der Waals surface area contributed by atoms with Gasteiger partial charge in [0.05, 0.1) is 0 Å². The molecule has 0 spiro atoms. The van der Waals surface area contributed by atoms with Crippen molar-refractivity contribution < 1.29 is 0 Å². The topological polar surface area (TPSA) is 3.24 Å². The first kappa shape index (κ1) is 10.7. The second-order valence-electron chi connectivity index (χ2n) is 3.47. The van der Waals surface area contributed by atoms with Crippen molar-refractivity contribution in [2.24, 2.45) is 0 Å². The first-order valence-electron chi connectivity index (χ1n) is 4.41. The lowest BCUT2D eigenvalue weighted by Crippen LogP contribution is -2.28. The van der Waals surface area contributed by atoms with Crippen LogP contribution in [0, 0.1) is 0 Å². The van der Waals surface area contributed by atoms with Gasteiger partial charge >= 0.3 is 0 Å². The van der Waals surface area contributed by atoms with E-state index in [4.69, 9.17) is 0 Å². The van der Waals surface area contributed by atoms with Gasteiger partial charge in [-0.25, -0.2) is 0 Å². The molecule has 0 N–H and O–H groups in total. The van der Waals surface area contributed by atoms with Crippen molar-refractivity contribution in [2.45, 2.75) is 39.2 Å². The third-order valence-corrected chi connectivity index (χ3v) is 2.02. The molecule has 0 saturated carbocycles. The molecule has 1 atom stereocenters. The van der Waals surface area contributed by atoms with Gasteiger partial charge in [-0.3, -0.25) is 0 Å². The first-order valence-corrected chi connectivity index (χ1v) is 4.41. The van der Waals surface area contributed by atoms with Gasteiger partial charge in [-0.05, 0) is 27.4 Å². The maximum Gasteiger partial charge on any atom is 0.0296 e. The number of likely N-dealkylation sites (N-methyl/N-ethyl adjacent to an activating group) is 1. The molecule has 0 rings (SSSR count). The summed E-state index contributed by atoms with van der Waals surface area (Å²) in [6.45, 7) is 8.33. The minimum Gasteiger partial charge on any atom is -0.303 e. The molecule has 0 radical (unpaired) electrons. The molecular formula is C10H21N. The van der Waals surface area contributed by atoms with Crippen molar-refractivity contribution in [3.05, 3.63) is 12.2 Å². The molecule has 0 fully saturated rings. The van der Waals surface area contributed by atoms with Gasteiger partial charge in [-0.1, -0.05) is 31.9 Å². The summed E-state index contributed by atoms with van der Waals surface area (Å²) in [6.07, 6.45) is 3.83. The van der Waals surface area contributed by atoms with Crippen molar-refractivity contribution >= 4 is 0 Å². The fourth-order valence-electron chi connectivity index (χ4n) is 1.34. The summed E-state index contributed by atoms with van der Waals surface area (Å²) in [4.78, 5) is 2.25. The molecule has 0 aromatic carbocycles. The molecular weight excluding hydrogens is 134 g/mol. The Hall–Kier alpha value is -0.300. The van der Waals surface area contributed by atoms with Crippen LogP contribution in [0.15, 0.2) is 12.2 Å². The Morgan fingerprint density at radius 3 is 2.27 bits per heavy atom. The smallest absolute Gasteiger partial charge is 0.0296 e. The Kier molecular flexibility index (Phi) is 5.22. The van der Waals surface area contributed by atoms with Crippen molar-refractivity contribution in [1.29, 1.82) is 0 Å². The van der Waals surface area contributed by atoms with Gasteiger partial charge < -0.3 is 4.90 Å². The maximum absolute atomic E-state index is 3.99. The lowest BCUT2D eigenvalue weighted by atomic mass is 10.0. The van der Waals surface area contributed by atoms with Gasteiger partial charge in [-0.15, -0.1) is 0 Å². The molecule has 0 amide bonds. The van der Waals surface area contributed by atoms with Gasteiger partial charge in [0.25, 0.3) is 0 Å². The quantitative estimate of drug-likeness (QED) is 0.552. The largest absolute Gasteiger partial charge is 0.303 e. The molecule has 1 heteroatoms. The van der Waals surface area contributed by atoms with E-state index in [1.807, 2.05) is 0 Å². The third-order valence-electron chi connectivity index (χ3n) is 2.02. The molecule has 0 heterocycles. The Bertz CT molecular complexity index is 116. The second kappa shape index (κ2) is 5.36. The fraction of sp³-hybridized carbons (Fsp3) is 0.800. The van der Waals surface area contributed by atoms with E-state index in [9.17, 15) is 0 Å². The Morgan fingerprint density at radius 2 is 2.00 bits per heavy atom. The highest BCUT2D eigenvalue weighted by Gasteiger charge is 2.09. The maximum atomic E-state index is 3.99. The number of nitrogens with zero attached hydrogens (tertiary/aromatic N) is 1. The van der Waals surface area contributed by atoms with Gasteiger partial charge in [0.1, 0.15) is 0 Å². The van der Waals surface area contributed by atoms with Crippen LogP contribution in [0.5, 0.6) is 0 Å². The molecule has 0 aliphatic rings. The minimum atomic E-state index is 0.579. The zero-order chi connectivity index (χ0) is 8.85. The average molecular weight is 155 g/mol. The molecule has 0 aromatic heterocycles. The lowest BCUT2D eigenvalue weighted by Gasteiger charge is -2.24. The highest BCUT2D eigenvalue weighted by molar-refractivity contribution is 5.00. The van der Waals surface area contributed by atoms with Crippen LogP contribution in [0.2, 0.25) is 0 Å². The van der Waals surface area contributed by atoms with Crippen LogP contribution in [-0.4, -0.2) is 25.0 Å². The number of hydrogen-bond donors (Lipinski definition) is 0. The van der Waals surface area contributed by atoms with Crippen molar-refractivity contribution in [1.82, 2.24) is 4.90 Å². The van der Waals surface area contributed by atoms with Crippen LogP contribution >= 0.6 is 0 Å². The van der Waals surface area contributed by atoms with Crippen LogP contribution in [0.4, 0.5) is 0 Å². The average Bonchev–Trinajstić information content (AvgIpc) is 1.87. The molecule has 66 valence electrons. The molecule has 1 unspecified atom stereocenters. The Morgan fingerprint density at radius 1 is 1.45 bits per heavy atom. The van der Waals surface area contributed by atoms with Gasteiger partial charge in [0.2, 0.25) is 0 Å². The molecule has 0 saturated heterocycles. The van der Waals surface area contributed by atoms with Crippen LogP contribution in [-0.2, 0) is 0 Å². The summed E-state index contributed by atoms with van der Waals surface area (Å²) >= 11 is 0. The molecule has 0 bridgehead atoms. The molecule has 0 aliphatic carbocycles. The van der Waals surface area contributed by atoms with E-state index in [0.29, 0.717) is 6.04 Å². The van der Waals surface area contributed by atoms with Crippen LogP contribution in [0.25, 0.3) is 0 Å². The summed E-state index contributed by atoms with van der Waals surface area (Å²) in [7, 11) is 4.24. The summed E-state index contributed by atoms with van der Waals surface area (Å²) in [6, 6.07) is 0.579. The van der Waals surface area contributed by atoms with E-state index in [1.165, 1.54) is 24.8 Å². The van der Waals surface area contributed by atoms with E-state index in [1.54, 1.807) is 0 Å². The van der Waals surface area contributed by atoms with Crippen molar-refractivity contribution in [3.8, 4) is 0 Å². The van der Waals surface area contributed by atoms with E-state index < -0.39 is 0 Å². The number of hydrogen-bond acceptors (Lipinski definition) is 1. The minimum absolute atomic E-state index is 0.579. The van der Waals surface area contributed by atoms with E-state index in [-0.39, 0.29) is 0 Å². The fourth-order valence-corrected chi connectivity index (χ4v) is 1.34. The predicted molar refractivity (Wildman–Crippen MR) is 51.8 cm³/mol. The van der Waals surface area contributed by atoms with E-state index in [0.717, 1.165) is 0 Å². The van der Waals surface area contributed by atoms with Gasteiger partial charge in [0, 0.05) is 6.04 Å². The SMILES string of the molecule is C=C(C)C(CCCC)N(C)C. The van der Waals surface area contributed by atoms with E-state index in [2.05, 4.69) is 39.4 Å². The summed E-state index contributed by atoms with van der Waals surface area (Å²) in [5.41, 5.74) is 1.28. The molecule has 0 aromatic rings. The highest BCUT2D eigenvalue weighted by atomic mass is 15.1. The zero-order valence-electron chi connectivity index (χ0n) is 8.35. The monoisotopic (exact) mass is 155 g/mol. The van der Waals surface area contributed by atoms with Crippen LogP contribution in [0.1, 0.15) is 33.1 Å². The molecule has 0 aliphatic heterocycles. The van der Waals surface area contributed by atoms with Crippen molar-refractivity contribution in [2.75, 3.05) is 14.1 Å². The predicted octanol–water partition coefficient (Wildman–Crippen LogP) is 2.68. The number of unbranched alkanes of at least 4 members (excludes halogenated alkanes) is 1. The first-order chi connectivity index (χ1) is 5.09. The molecule has 1 nitrogen and oxygen atoms in total. The summed E-state index contributed by atoms with van der Waals surface area (Å²) < 4.78 is 0. The summed E-state index contributed by atoms with van der Waals surface area (Å²) in [5, 5.41) is 0. The van der Waals surface area contributed by atoms with Crippen LogP contribution in [0.3, 0.4) is 0 Å². The van der Waals surface area contributed by atoms with Crippen LogP contribution < -0.4 is 0 Å². The summed E-state index contributed by atoms with van der Waals surface area (Å²) in [5.74, 6) is 0. The Labute approximate surface area is 71.1 Å². The molecule has 11 heavy (non-hydrogen) atoms. The van der Waals surface area contributed by atoms with E-state index >= 15 is 0 Å². The van der Waals surface area contributed by atoms with Crippen molar-refractivity contribution in [3.63, 3.8) is 0 Å².